The van der Waals surface area contributed by atoms with Crippen LogP contribution in [0.5, 0.6) is 0 Å². The van der Waals surface area contributed by atoms with Gasteiger partial charge in [0.15, 0.2) is 56.1 Å². The van der Waals surface area contributed by atoms with Crippen LogP contribution in [-0.2, 0) is 31.9 Å². The van der Waals surface area contributed by atoms with Crippen LogP contribution in [0.15, 0.2) is 140 Å². The number of aromatic nitrogens is 6. The number of nitrogens with zero attached hydrogens (tertiary/aromatic N) is 7. The van der Waals surface area contributed by atoms with Gasteiger partial charge in [0, 0.05) is 60.9 Å². The Hall–Kier alpha value is -7.22. The predicted octanol–water partition coefficient (Wildman–Crippen LogP) is 0.563. The number of esters is 1. The van der Waals surface area contributed by atoms with Gasteiger partial charge in [-0.1, -0.05) is 0 Å². The molecule has 0 aliphatic carbocycles. The molecular weight excluding hydrogens is 735 g/mol. The zero-order chi connectivity index (χ0) is 40.9. The van der Waals surface area contributed by atoms with E-state index in [0.29, 0.717) is 36.6 Å². The highest BCUT2D eigenvalue weighted by molar-refractivity contribution is 5.97. The van der Waals surface area contributed by atoms with E-state index in [0.717, 1.165) is 22.3 Å². The minimum atomic E-state index is -1.15. The summed E-state index contributed by atoms with van der Waals surface area (Å²) in [5, 5.41) is 27.2. The van der Waals surface area contributed by atoms with Crippen LogP contribution in [0.2, 0.25) is 0 Å². The first-order valence-electron chi connectivity index (χ1n) is 18.9. The number of aliphatic hydroxyl groups is 1. The van der Waals surface area contributed by atoms with Gasteiger partial charge in [0.1, 0.15) is 14.1 Å². The number of pyridine rings is 6. The minimum Gasteiger partial charge on any atom is -0.861 e. The Morgan fingerprint density at radius 3 is 1.71 bits per heavy atom. The summed E-state index contributed by atoms with van der Waals surface area (Å²) in [5.74, 6) is -1.77. The molecule has 0 spiro atoms. The second-order valence-electron chi connectivity index (χ2n) is 13.6. The maximum absolute atomic E-state index is 13.5. The fourth-order valence-electron chi connectivity index (χ4n) is 5.97. The van der Waals surface area contributed by atoms with E-state index < -0.39 is 23.8 Å². The highest BCUT2D eigenvalue weighted by atomic mass is 16.5. The van der Waals surface area contributed by atoms with Crippen molar-refractivity contribution in [3.8, 4) is 33.6 Å². The molecule has 0 fully saturated rings. The van der Waals surface area contributed by atoms with E-state index in [1.54, 1.807) is 31.2 Å². The summed E-state index contributed by atoms with van der Waals surface area (Å²) in [6, 6.07) is 21.5. The van der Waals surface area contributed by atoms with Gasteiger partial charge >= 0.3 is 11.9 Å². The minimum absolute atomic E-state index is 0.159. The Morgan fingerprint density at radius 2 is 1.22 bits per heavy atom. The van der Waals surface area contributed by atoms with Gasteiger partial charge in [-0.05, 0) is 59.3 Å². The quantitative estimate of drug-likeness (QED) is 0.0559. The third-order valence-corrected chi connectivity index (χ3v) is 9.29. The topological polar surface area (TPSA) is 166 Å². The molecule has 0 radical (unpaired) electrons. The van der Waals surface area contributed by atoms with Gasteiger partial charge in [0.05, 0.1) is 48.1 Å². The van der Waals surface area contributed by atoms with Crippen LogP contribution in [0.1, 0.15) is 34.1 Å². The first kappa shape index (κ1) is 40.4. The molecule has 6 aromatic rings. The second-order valence-corrected chi connectivity index (χ2v) is 13.6. The molecule has 0 aliphatic heterocycles. The molecule has 1 amide bonds. The fourth-order valence-corrected chi connectivity index (χ4v) is 5.97. The van der Waals surface area contributed by atoms with E-state index in [2.05, 4.69) is 37.4 Å². The molecule has 14 heteroatoms. The fraction of sp³-hybridized carbons (Fsp3) is 0.227. The van der Waals surface area contributed by atoms with E-state index in [4.69, 9.17) is 4.74 Å². The molecule has 6 heterocycles. The molecule has 294 valence electrons. The van der Waals surface area contributed by atoms with Crippen molar-refractivity contribution in [2.75, 3.05) is 19.7 Å². The summed E-state index contributed by atoms with van der Waals surface area (Å²) in [6.07, 6.45) is 18.4. The lowest BCUT2D eigenvalue weighted by Crippen LogP contribution is -2.76. The van der Waals surface area contributed by atoms with Gasteiger partial charge in [0.2, 0.25) is 13.1 Å². The number of aliphatic hydroxyl groups excluding tert-OH is 1. The second kappa shape index (κ2) is 19.6. The number of amides is 1. The number of hydrogen-bond acceptors (Lipinski definition) is 7. The van der Waals surface area contributed by atoms with Gasteiger partial charge < -0.3 is 20.3 Å². The van der Waals surface area contributed by atoms with E-state index in [1.165, 1.54) is 12.4 Å². The first-order valence-corrected chi connectivity index (χ1v) is 18.9. The smallest absolute Gasteiger partial charge is 0.339 e. The predicted molar refractivity (Wildman–Crippen MR) is 212 cm³/mol. The monoisotopic (exact) mass is 781 g/mol. The van der Waals surface area contributed by atoms with Gasteiger partial charge in [-0.2, -0.15) is 4.57 Å². The molecule has 14 nitrogen and oxygen atoms in total. The number of rotatable bonds is 16. The van der Waals surface area contributed by atoms with Gasteiger partial charge in [-0.25, -0.2) is 23.5 Å². The molecule has 58 heavy (non-hydrogen) atoms. The Kier molecular flexibility index (Phi) is 13.7. The number of carbonyl (C=O) groups excluding carboxylic acids is 2. The van der Waals surface area contributed by atoms with Crippen LogP contribution in [0.25, 0.3) is 33.6 Å². The molecule has 0 aromatic carbocycles. The van der Waals surface area contributed by atoms with Gasteiger partial charge in [0.25, 0.3) is 5.91 Å². The lowest BCUT2D eigenvalue weighted by molar-refractivity contribution is -0.718. The van der Waals surface area contributed by atoms with Crippen molar-refractivity contribution in [2.24, 2.45) is 19.1 Å². The lowest BCUT2D eigenvalue weighted by Gasteiger charge is -2.22. The summed E-state index contributed by atoms with van der Waals surface area (Å²) in [4.78, 5) is 41.4. The molecule has 0 aliphatic rings. The highest BCUT2D eigenvalue weighted by Crippen LogP contribution is 2.17. The van der Waals surface area contributed by atoms with Crippen molar-refractivity contribution >= 4 is 23.7 Å². The summed E-state index contributed by atoms with van der Waals surface area (Å²) >= 11 is 0. The third-order valence-electron chi connectivity index (χ3n) is 9.29. The van der Waals surface area contributed by atoms with Crippen molar-refractivity contribution < 1.29 is 47.8 Å². The van der Waals surface area contributed by atoms with E-state index >= 15 is 0 Å². The SMILES string of the molecule is CCOC(=O)c1ccc(-c2ccc(C(=O)N[C@@H](CC(O)=[NH+]CC[n+]3ccc(-c4cc[n+](C)cc4)cc3)C([O-])=NCC[n+]3ccc(-c4cc[n+](C)cc4)cc3)cn2)nc1. The number of carbonyl (C=O) groups is 2. The molecule has 1 atom stereocenters. The highest BCUT2D eigenvalue weighted by Gasteiger charge is 2.20. The Bertz CT molecular complexity index is 2350. The summed E-state index contributed by atoms with van der Waals surface area (Å²) in [5.41, 5.74) is 5.84. The van der Waals surface area contributed by atoms with E-state index in [1.807, 2.05) is 118 Å². The molecule has 0 saturated carbocycles. The number of nitrogens with one attached hydrogen (secondary N) is 2. The normalized spacial score (nSPS) is 12.2. The summed E-state index contributed by atoms with van der Waals surface area (Å²) in [6.45, 7) is 3.50. The van der Waals surface area contributed by atoms with E-state index in [-0.39, 0.29) is 31.0 Å². The average Bonchev–Trinajstić information content (AvgIpc) is 3.24. The Balaban J connectivity index is 1.11. The standard InChI is InChI=1S/C44H44N9O5/c1-4-58-44(57)37-6-8-39(48-31-37)38-7-5-36(30-47-38)42(55)49-40(43(56)46-18-28-53-25-15-35(16-26-53)33-11-21-51(3)22-12-33)29-41(54)45-17-27-52-23-13-34(14-24-52)32-9-19-50(2)20-10-32/h5-16,19-26,30-31,40H,4,17-18,27-29H2,1-3H3/q+1/p+3/t40-/m0/s1. The van der Waals surface area contributed by atoms with Crippen LogP contribution in [0.3, 0.4) is 0 Å². The first-order chi connectivity index (χ1) is 28.1. The molecule has 0 saturated heterocycles. The maximum atomic E-state index is 13.5. The molecule has 0 unspecified atom stereocenters. The van der Waals surface area contributed by atoms with Crippen molar-refractivity contribution in [3.63, 3.8) is 0 Å². The third kappa shape index (κ3) is 11.2. The van der Waals surface area contributed by atoms with Crippen LogP contribution in [0.4, 0.5) is 0 Å². The Labute approximate surface area is 336 Å². The van der Waals surface area contributed by atoms with Crippen molar-refractivity contribution in [2.45, 2.75) is 32.5 Å². The molecule has 6 rings (SSSR count). The zero-order valence-corrected chi connectivity index (χ0v) is 32.7. The van der Waals surface area contributed by atoms with Gasteiger partial charge in [-0.15, -0.1) is 0 Å². The summed E-state index contributed by atoms with van der Waals surface area (Å²) in [7, 11) is 3.94. The number of aryl methyl sites for hydroxylation is 2. The number of hydrogen-bond donors (Lipinski definition) is 3. The number of aliphatic imine (C=N–C) groups is 1. The molecular formula is C44H47N9O5+4. The van der Waals surface area contributed by atoms with Crippen LogP contribution < -0.4 is 33.7 Å². The molecule has 0 bridgehead atoms. The summed E-state index contributed by atoms with van der Waals surface area (Å²) < 4.78 is 12.9. The van der Waals surface area contributed by atoms with Crippen molar-refractivity contribution in [3.05, 3.63) is 146 Å². The van der Waals surface area contributed by atoms with Crippen LogP contribution in [-0.4, -0.2) is 64.5 Å². The van der Waals surface area contributed by atoms with Crippen LogP contribution in [0, 0.1) is 0 Å². The average molecular weight is 782 g/mol. The van der Waals surface area contributed by atoms with Crippen LogP contribution >= 0.6 is 0 Å². The van der Waals surface area contributed by atoms with Gasteiger partial charge in [-0.3, -0.25) is 19.8 Å². The number of ether oxygens (including phenoxy) is 1. The molecule has 3 N–H and O–H groups in total. The van der Waals surface area contributed by atoms with Crippen molar-refractivity contribution in [1.29, 1.82) is 0 Å². The zero-order valence-electron chi connectivity index (χ0n) is 32.7. The molecule has 6 aromatic heterocycles. The van der Waals surface area contributed by atoms with E-state index in [9.17, 15) is 19.8 Å². The lowest BCUT2D eigenvalue weighted by atomic mass is 10.1. The maximum Gasteiger partial charge on any atom is 0.339 e. The Morgan fingerprint density at radius 1 is 0.741 bits per heavy atom. The largest absolute Gasteiger partial charge is 0.861 e. The van der Waals surface area contributed by atoms with Crippen molar-refractivity contribution in [1.82, 2.24) is 15.3 Å².